The summed E-state index contributed by atoms with van der Waals surface area (Å²) >= 11 is 0. The molecule has 0 bridgehead atoms. The van der Waals surface area contributed by atoms with E-state index in [0.29, 0.717) is 0 Å². The number of rotatable bonds is 2. The molecule has 0 fully saturated rings. The number of halogens is 1. The van der Waals surface area contributed by atoms with Gasteiger partial charge in [-0.3, -0.25) is 0 Å². The van der Waals surface area contributed by atoms with Crippen LogP contribution in [0.5, 0.6) is 0 Å². The van der Waals surface area contributed by atoms with Crippen molar-refractivity contribution in [1.82, 2.24) is 0 Å². The molecule has 2 heterocycles. The van der Waals surface area contributed by atoms with Crippen LogP contribution in [0.15, 0.2) is 91.0 Å². The third-order valence-electron chi connectivity index (χ3n) is 5.98. The van der Waals surface area contributed by atoms with E-state index in [2.05, 4.69) is 116 Å². The van der Waals surface area contributed by atoms with E-state index in [4.69, 9.17) is 18.6 Å². The van der Waals surface area contributed by atoms with Gasteiger partial charge < -0.3 is 0 Å². The van der Waals surface area contributed by atoms with Crippen LogP contribution in [-0.2, 0) is 5.41 Å². The van der Waals surface area contributed by atoms with Gasteiger partial charge >= 0.3 is 0 Å². The number of aromatic nitrogens is 1. The highest BCUT2D eigenvalue weighted by atomic mass is 35.7. The maximum absolute atomic E-state index is 8.49. The SMILES string of the molecule is Cc1ccc(-c2cc(-c3ccccc3)cc3[n+]2-c2ccccc2C3(C)C)cc1.[O-][Cl+3]([O-])([O-])[O-]. The minimum Gasteiger partial charge on any atom is -0.222 e. The van der Waals surface area contributed by atoms with Gasteiger partial charge in [0, 0.05) is 29.3 Å². The van der Waals surface area contributed by atoms with Crippen LogP contribution in [0.3, 0.4) is 0 Å². The fraction of sp³-hybridized carbons (Fsp3) is 0.148. The lowest BCUT2D eigenvalue weighted by molar-refractivity contribution is -2.00. The predicted molar refractivity (Wildman–Crippen MR) is 116 cm³/mol. The number of aryl methyl sites for hydroxylation is 1. The van der Waals surface area contributed by atoms with Gasteiger partial charge in [-0.2, -0.15) is 4.57 Å². The first-order valence-corrected chi connectivity index (χ1v) is 11.7. The molecule has 6 heteroatoms. The second-order valence-electron chi connectivity index (χ2n) is 8.60. The molecule has 0 spiro atoms. The summed E-state index contributed by atoms with van der Waals surface area (Å²) in [5, 5.41) is 0. The molecule has 0 amide bonds. The van der Waals surface area contributed by atoms with Gasteiger partial charge in [0.25, 0.3) is 0 Å². The summed E-state index contributed by atoms with van der Waals surface area (Å²) in [5.41, 5.74) is 10.3. The number of pyridine rings is 1. The number of hydrogen-bond donors (Lipinski definition) is 0. The quantitative estimate of drug-likeness (QED) is 0.422. The average molecular weight is 462 g/mol. The molecule has 3 aromatic carbocycles. The highest BCUT2D eigenvalue weighted by Gasteiger charge is 2.45. The standard InChI is InChI=1S/C27H24N.ClHO4/c1-19-13-15-21(16-14-19)25-17-22(20-9-5-4-6-10-20)18-26-27(2,3)23-11-7-8-12-24(23)28(25)26;2-1(3,4)5/h4-18H,1-3H3;(H,2,3,4,5)/q+1;/p-1. The van der Waals surface area contributed by atoms with Crippen LogP contribution in [0.4, 0.5) is 0 Å². The molecule has 33 heavy (non-hydrogen) atoms. The second-order valence-corrected chi connectivity index (χ2v) is 9.36. The van der Waals surface area contributed by atoms with Gasteiger partial charge in [-0.05, 0) is 44.0 Å². The summed E-state index contributed by atoms with van der Waals surface area (Å²) < 4.78 is 36.4. The Labute approximate surface area is 195 Å². The van der Waals surface area contributed by atoms with Crippen molar-refractivity contribution >= 4 is 0 Å². The minimum absolute atomic E-state index is 0.0408. The van der Waals surface area contributed by atoms with Crippen molar-refractivity contribution in [2.45, 2.75) is 26.2 Å². The van der Waals surface area contributed by atoms with Crippen LogP contribution < -0.4 is 23.2 Å². The maximum atomic E-state index is 8.49. The molecule has 0 atom stereocenters. The highest BCUT2D eigenvalue weighted by Crippen LogP contribution is 2.41. The first-order chi connectivity index (χ1) is 15.6. The van der Waals surface area contributed by atoms with E-state index in [-0.39, 0.29) is 5.41 Å². The van der Waals surface area contributed by atoms with Gasteiger partial charge in [-0.25, -0.2) is 18.6 Å². The zero-order valence-corrected chi connectivity index (χ0v) is 19.4. The fourth-order valence-corrected chi connectivity index (χ4v) is 4.38. The van der Waals surface area contributed by atoms with Crippen LogP contribution in [0, 0.1) is 17.2 Å². The zero-order chi connectivity index (χ0) is 23.8. The number of fused-ring (bicyclic) bond motifs is 3. The second kappa shape index (κ2) is 8.71. The van der Waals surface area contributed by atoms with E-state index in [0.717, 1.165) is 0 Å². The summed E-state index contributed by atoms with van der Waals surface area (Å²) in [7, 11) is -4.94. The Morgan fingerprint density at radius 1 is 0.667 bits per heavy atom. The van der Waals surface area contributed by atoms with Crippen molar-refractivity contribution in [3.63, 3.8) is 0 Å². The van der Waals surface area contributed by atoms with Gasteiger partial charge in [0.15, 0.2) is 5.69 Å². The number of hydrogen-bond acceptors (Lipinski definition) is 4. The highest BCUT2D eigenvalue weighted by molar-refractivity contribution is 5.71. The molecule has 4 aromatic rings. The summed E-state index contributed by atoms with van der Waals surface area (Å²) in [5.74, 6) is 0. The Hall–Kier alpha value is -3.06. The molecule has 0 N–H and O–H groups in total. The third kappa shape index (κ3) is 4.83. The van der Waals surface area contributed by atoms with E-state index in [1.807, 2.05) is 0 Å². The third-order valence-corrected chi connectivity index (χ3v) is 5.98. The Morgan fingerprint density at radius 2 is 1.24 bits per heavy atom. The maximum Gasteiger partial charge on any atom is 0.219 e. The lowest BCUT2D eigenvalue weighted by atomic mass is 9.82. The number of para-hydroxylation sites is 1. The molecule has 1 aliphatic rings. The molecule has 0 radical (unpaired) electrons. The van der Waals surface area contributed by atoms with Crippen LogP contribution >= 0.6 is 0 Å². The topological polar surface area (TPSA) is 96.1 Å². The summed E-state index contributed by atoms with van der Waals surface area (Å²) in [6.07, 6.45) is 0. The van der Waals surface area contributed by atoms with E-state index in [1.54, 1.807) is 0 Å². The van der Waals surface area contributed by atoms with Crippen LogP contribution in [0.1, 0.15) is 30.7 Å². The summed E-state index contributed by atoms with van der Waals surface area (Å²) in [4.78, 5) is 0. The van der Waals surface area contributed by atoms with E-state index >= 15 is 0 Å². The van der Waals surface area contributed by atoms with Crippen molar-refractivity contribution in [2.75, 3.05) is 0 Å². The van der Waals surface area contributed by atoms with Gasteiger partial charge in [-0.1, -0.05) is 66.2 Å². The molecule has 1 aromatic heterocycles. The van der Waals surface area contributed by atoms with E-state index in [9.17, 15) is 0 Å². The van der Waals surface area contributed by atoms with Crippen molar-refractivity contribution in [3.8, 4) is 28.1 Å². The molecular weight excluding hydrogens is 438 g/mol. The monoisotopic (exact) mass is 461 g/mol. The Morgan fingerprint density at radius 3 is 1.88 bits per heavy atom. The minimum atomic E-state index is -4.94. The molecular formula is C27H24ClNO4. The van der Waals surface area contributed by atoms with Crippen molar-refractivity contribution < 1.29 is 33.4 Å². The lowest BCUT2D eigenvalue weighted by Crippen LogP contribution is -2.68. The average Bonchev–Trinajstić information content (AvgIpc) is 3.01. The Bertz CT molecular complexity index is 1270. The van der Waals surface area contributed by atoms with Crippen molar-refractivity contribution in [1.29, 1.82) is 0 Å². The number of nitrogens with zero attached hydrogens (tertiary/aromatic N) is 1. The van der Waals surface area contributed by atoms with E-state index in [1.165, 1.54) is 44.9 Å². The molecule has 0 unspecified atom stereocenters. The van der Waals surface area contributed by atoms with Gasteiger partial charge in [-0.15, -0.1) is 10.2 Å². The summed E-state index contributed by atoms with van der Waals surface area (Å²) in [6.45, 7) is 6.80. The van der Waals surface area contributed by atoms with Crippen molar-refractivity contribution in [2.24, 2.45) is 0 Å². The summed E-state index contributed by atoms with van der Waals surface area (Å²) in [6, 6.07) is 33.1. The molecule has 5 nitrogen and oxygen atoms in total. The van der Waals surface area contributed by atoms with Crippen LogP contribution in [0.2, 0.25) is 0 Å². The Kier molecular flexibility index (Phi) is 6.10. The predicted octanol–water partition coefficient (Wildman–Crippen LogP) is 1.49. The molecule has 0 saturated heterocycles. The zero-order valence-electron chi connectivity index (χ0n) is 18.6. The van der Waals surface area contributed by atoms with Gasteiger partial charge in [0.05, 0.1) is 5.41 Å². The normalized spacial score (nSPS) is 13.5. The number of benzene rings is 3. The molecule has 5 rings (SSSR count). The van der Waals surface area contributed by atoms with Crippen molar-refractivity contribution in [3.05, 3.63) is 108 Å². The van der Waals surface area contributed by atoms with Gasteiger partial charge in [0.1, 0.15) is 0 Å². The van der Waals surface area contributed by atoms with Crippen LogP contribution in [0.25, 0.3) is 28.1 Å². The largest absolute Gasteiger partial charge is 0.222 e. The van der Waals surface area contributed by atoms with Crippen LogP contribution in [-0.4, -0.2) is 0 Å². The molecule has 168 valence electrons. The molecule has 0 saturated carbocycles. The fourth-order valence-electron chi connectivity index (χ4n) is 4.38. The molecule has 1 aliphatic heterocycles. The lowest BCUT2D eigenvalue weighted by Gasteiger charge is -2.17. The molecule has 0 aliphatic carbocycles. The first-order valence-electron chi connectivity index (χ1n) is 10.5. The first kappa shape index (κ1) is 23.1. The van der Waals surface area contributed by atoms with Gasteiger partial charge in [0.2, 0.25) is 11.4 Å². The van der Waals surface area contributed by atoms with E-state index < -0.39 is 10.2 Å². The smallest absolute Gasteiger partial charge is 0.219 e. The Balaban J connectivity index is 0.000000471.